The van der Waals surface area contributed by atoms with Gasteiger partial charge in [-0.05, 0) is 0 Å². The van der Waals surface area contributed by atoms with Crippen molar-refractivity contribution < 1.29 is 15.6 Å². The summed E-state index contributed by atoms with van der Waals surface area (Å²) in [7, 11) is 0. The van der Waals surface area contributed by atoms with Gasteiger partial charge in [-0.25, -0.2) is 0 Å². The molecule has 0 saturated heterocycles. The predicted molar refractivity (Wildman–Crippen MR) is 96.8 cm³/mol. The van der Waals surface area contributed by atoms with Crippen molar-refractivity contribution in [1.82, 2.24) is 9.13 Å². The zero-order valence-electron chi connectivity index (χ0n) is 15.2. The monoisotopic (exact) mass is 360 g/mol. The van der Waals surface area contributed by atoms with Gasteiger partial charge in [-0.15, -0.1) is 0 Å². The third kappa shape index (κ3) is 2.83. The van der Waals surface area contributed by atoms with Crippen LogP contribution in [-0.4, -0.2) is 9.13 Å². The molecule has 0 aliphatic rings. The van der Waals surface area contributed by atoms with E-state index in [4.69, 9.17) is 0 Å². The molecule has 0 atom stereocenters. The van der Waals surface area contributed by atoms with Gasteiger partial charge < -0.3 is 0 Å². The minimum absolute atomic E-state index is 0.972. The fraction of sp³-hybridized carbons (Fsp3) is 0.286. The molecule has 0 bridgehead atoms. The van der Waals surface area contributed by atoms with Crippen molar-refractivity contribution in [3.05, 3.63) is 74.4 Å². The van der Waals surface area contributed by atoms with Crippen LogP contribution in [0.2, 0.25) is 0 Å². The first-order chi connectivity index (χ1) is 11.3. The van der Waals surface area contributed by atoms with Crippen molar-refractivity contribution in [3.8, 4) is 11.4 Å². The van der Waals surface area contributed by atoms with Gasteiger partial charge in [0.05, 0.1) is 0 Å². The maximum absolute atomic E-state index is 4.37. The summed E-state index contributed by atoms with van der Waals surface area (Å²) >= 11 is 4.37. The van der Waals surface area contributed by atoms with E-state index in [1.807, 2.05) is 0 Å². The average molecular weight is 360 g/mol. The number of nitrogens with zero attached hydrogens (tertiary/aromatic N) is 2. The fourth-order valence-corrected chi connectivity index (χ4v) is 4.21. The van der Waals surface area contributed by atoms with Crippen LogP contribution in [0.1, 0.15) is 33.4 Å². The Hall–Kier alpha value is -1.83. The van der Waals surface area contributed by atoms with Gasteiger partial charge in [0.2, 0.25) is 0 Å². The van der Waals surface area contributed by atoms with Crippen LogP contribution in [0.5, 0.6) is 0 Å². The predicted octanol–water partition coefficient (Wildman–Crippen LogP) is 5.20. The van der Waals surface area contributed by atoms with Gasteiger partial charge in [0, 0.05) is 0 Å². The van der Waals surface area contributed by atoms with Crippen LogP contribution in [0.3, 0.4) is 0 Å². The van der Waals surface area contributed by atoms with E-state index in [1.165, 1.54) is 44.8 Å². The van der Waals surface area contributed by atoms with E-state index in [1.54, 1.807) is 0 Å². The van der Waals surface area contributed by atoms with Crippen LogP contribution >= 0.6 is 0 Å². The SMILES string of the molecule is Cc1cc(C)c(-n2ccn(-c3c(C)cc(C)cc3C)[c]2=[Fe])c(C)c1. The molecule has 0 saturated carbocycles. The van der Waals surface area contributed by atoms with Crippen molar-refractivity contribution in [2.24, 2.45) is 0 Å². The Balaban J connectivity index is 2.24. The van der Waals surface area contributed by atoms with Gasteiger partial charge in [-0.2, -0.15) is 0 Å². The van der Waals surface area contributed by atoms with Gasteiger partial charge in [0.15, 0.2) is 0 Å². The van der Waals surface area contributed by atoms with Crippen LogP contribution in [0.4, 0.5) is 0 Å². The van der Waals surface area contributed by atoms with Crippen LogP contribution in [-0.2, 0) is 15.6 Å². The molecule has 24 heavy (non-hydrogen) atoms. The van der Waals surface area contributed by atoms with Crippen LogP contribution in [0.15, 0.2) is 36.7 Å². The quantitative estimate of drug-likeness (QED) is 0.556. The molecule has 0 N–H and O–H groups in total. The normalized spacial score (nSPS) is 11.1. The van der Waals surface area contributed by atoms with Crippen molar-refractivity contribution >= 4 is 0 Å². The van der Waals surface area contributed by atoms with Crippen LogP contribution in [0, 0.1) is 45.9 Å². The van der Waals surface area contributed by atoms with Gasteiger partial charge in [0.1, 0.15) is 0 Å². The topological polar surface area (TPSA) is 9.86 Å². The Morgan fingerprint density at radius 1 is 0.583 bits per heavy atom. The van der Waals surface area contributed by atoms with Gasteiger partial charge in [0.25, 0.3) is 0 Å². The second-order valence-corrected chi connectivity index (χ2v) is 7.28. The summed E-state index contributed by atoms with van der Waals surface area (Å²) in [5.74, 6) is 0. The van der Waals surface area contributed by atoms with Crippen molar-refractivity contribution in [2.45, 2.75) is 41.5 Å². The minimum atomic E-state index is 0.972. The summed E-state index contributed by atoms with van der Waals surface area (Å²) < 4.78 is 5.37. The van der Waals surface area contributed by atoms with E-state index in [2.05, 4.69) is 103 Å². The fourth-order valence-electron chi connectivity index (χ4n) is 3.80. The van der Waals surface area contributed by atoms with Crippen molar-refractivity contribution in [3.63, 3.8) is 0 Å². The molecule has 0 amide bonds. The van der Waals surface area contributed by atoms with E-state index in [-0.39, 0.29) is 0 Å². The number of hydrogen-bond donors (Lipinski definition) is 0. The van der Waals surface area contributed by atoms with E-state index >= 15 is 0 Å². The number of benzene rings is 2. The second kappa shape index (κ2) is 6.23. The molecule has 2 nitrogen and oxygen atoms in total. The number of aryl methyl sites for hydroxylation is 6. The zero-order valence-corrected chi connectivity index (χ0v) is 16.3. The van der Waals surface area contributed by atoms with Crippen LogP contribution in [0.25, 0.3) is 11.4 Å². The van der Waals surface area contributed by atoms with Crippen molar-refractivity contribution in [2.75, 3.05) is 0 Å². The second-order valence-electron chi connectivity index (χ2n) is 6.79. The molecule has 0 spiro atoms. The zero-order chi connectivity index (χ0) is 17.6. The summed E-state index contributed by atoms with van der Waals surface area (Å²) in [5, 5.41) is 0. The first kappa shape index (κ1) is 17.0. The number of imidazole rings is 1. The number of aromatic nitrogens is 2. The Morgan fingerprint density at radius 3 is 1.17 bits per heavy atom. The molecule has 3 rings (SSSR count). The Bertz CT molecular complexity index is 865. The Labute approximate surface area is 152 Å². The van der Waals surface area contributed by atoms with E-state index in [9.17, 15) is 0 Å². The van der Waals surface area contributed by atoms with E-state index < -0.39 is 0 Å². The maximum atomic E-state index is 4.37. The molecule has 1 heterocycles. The van der Waals surface area contributed by atoms with E-state index in [0.717, 1.165) is 4.32 Å². The van der Waals surface area contributed by atoms with E-state index in [0.29, 0.717) is 0 Å². The summed E-state index contributed by atoms with van der Waals surface area (Å²) in [6.45, 7) is 13.0. The summed E-state index contributed by atoms with van der Waals surface area (Å²) in [5.41, 5.74) is 10.2. The average Bonchev–Trinajstić information content (AvgIpc) is 2.79. The molecule has 0 aliphatic heterocycles. The Kier molecular flexibility index (Phi) is 4.42. The molecule has 126 valence electrons. The first-order valence-corrected chi connectivity index (χ1v) is 8.78. The summed E-state index contributed by atoms with van der Waals surface area (Å²) in [4.78, 5) is 0. The molecule has 0 fully saturated rings. The third-order valence-electron chi connectivity index (χ3n) is 4.50. The molecule has 2 aromatic carbocycles. The summed E-state index contributed by atoms with van der Waals surface area (Å²) in [6.07, 6.45) is 4.23. The molecule has 1 aromatic heterocycles. The van der Waals surface area contributed by atoms with Gasteiger partial charge >= 0.3 is 152 Å². The van der Waals surface area contributed by atoms with Crippen molar-refractivity contribution in [1.29, 1.82) is 0 Å². The molecule has 3 aromatic rings. The molecule has 0 aliphatic carbocycles. The standard InChI is InChI=1S/C21H24N2.Fe/c1-14-9-16(3)20(17(4)10-14)22-7-8-23(13-22)21-18(5)11-15(2)12-19(21)6;/h7-12H,1-6H3;. The Morgan fingerprint density at radius 2 is 0.875 bits per heavy atom. The summed E-state index contributed by atoms with van der Waals surface area (Å²) in [6, 6.07) is 8.92. The number of hydrogen-bond acceptors (Lipinski definition) is 0. The first-order valence-electron chi connectivity index (χ1n) is 8.23. The van der Waals surface area contributed by atoms with Crippen LogP contribution < -0.4 is 0 Å². The molecule has 0 unspecified atom stereocenters. The molecular weight excluding hydrogens is 336 g/mol. The van der Waals surface area contributed by atoms with Gasteiger partial charge in [-0.1, -0.05) is 0 Å². The third-order valence-corrected chi connectivity index (χ3v) is 5.04. The molecular formula is C21H24FeN2. The van der Waals surface area contributed by atoms with Gasteiger partial charge in [-0.3, -0.25) is 0 Å². The molecule has 3 heteroatoms. The molecule has 0 radical (unpaired) electrons. The number of rotatable bonds is 2.